The average Bonchev–Trinajstić information content (AvgIpc) is 2.81. The summed E-state index contributed by atoms with van der Waals surface area (Å²) in [4.78, 5) is 4.21. The van der Waals surface area contributed by atoms with E-state index in [0.29, 0.717) is 23.6 Å². The second-order valence-corrected chi connectivity index (χ2v) is 4.66. The Kier molecular flexibility index (Phi) is 3.04. The van der Waals surface area contributed by atoms with Gasteiger partial charge in [-0.05, 0) is 29.8 Å². The molecule has 0 saturated heterocycles. The first-order chi connectivity index (χ1) is 9.91. The summed E-state index contributed by atoms with van der Waals surface area (Å²) in [6.07, 6.45) is -3.02. The summed E-state index contributed by atoms with van der Waals surface area (Å²) in [7, 11) is 0. The van der Waals surface area contributed by atoms with E-state index in [1.807, 2.05) is 12.1 Å². The number of benzene rings is 1. The number of fused-ring (bicyclic) bond motifs is 1. The van der Waals surface area contributed by atoms with Gasteiger partial charge in [-0.2, -0.15) is 18.3 Å². The van der Waals surface area contributed by atoms with Crippen LogP contribution in [0.1, 0.15) is 17.0 Å². The lowest BCUT2D eigenvalue weighted by molar-refractivity contribution is -0.137. The van der Waals surface area contributed by atoms with Crippen molar-refractivity contribution >= 4 is 11.3 Å². The van der Waals surface area contributed by atoms with Crippen LogP contribution >= 0.6 is 0 Å². The Bertz CT molecular complexity index is 775. The van der Waals surface area contributed by atoms with Gasteiger partial charge in [-0.25, -0.2) is 9.50 Å². The van der Waals surface area contributed by atoms with Crippen molar-refractivity contribution in [1.29, 1.82) is 0 Å². The lowest BCUT2D eigenvalue weighted by Gasteiger charge is -2.05. The number of pyridine rings is 1. The number of alkyl halides is 3. The summed E-state index contributed by atoms with van der Waals surface area (Å²) in [5.74, 6) is 0.457. The van der Waals surface area contributed by atoms with E-state index in [1.165, 1.54) is 6.07 Å². The van der Waals surface area contributed by atoms with E-state index in [2.05, 4.69) is 10.1 Å². The molecule has 3 aromatic rings. The Morgan fingerprint density at radius 2 is 1.76 bits per heavy atom. The molecular formula is C14H11F3N4. The quantitative estimate of drug-likeness (QED) is 0.739. The number of hydrogen-bond acceptors (Lipinski definition) is 3. The van der Waals surface area contributed by atoms with Crippen molar-refractivity contribution in [2.75, 3.05) is 5.73 Å². The van der Waals surface area contributed by atoms with Crippen molar-refractivity contribution in [3.63, 3.8) is 0 Å². The number of nitrogens with zero attached hydrogens (tertiary/aromatic N) is 3. The zero-order valence-corrected chi connectivity index (χ0v) is 10.8. The molecule has 3 rings (SSSR count). The monoisotopic (exact) mass is 292 g/mol. The summed E-state index contributed by atoms with van der Waals surface area (Å²) >= 11 is 0. The van der Waals surface area contributed by atoms with E-state index in [1.54, 1.807) is 12.1 Å². The lowest BCUT2D eigenvalue weighted by Crippen LogP contribution is -2.06. The Morgan fingerprint density at radius 3 is 2.43 bits per heavy atom. The second kappa shape index (κ2) is 4.76. The van der Waals surface area contributed by atoms with Gasteiger partial charge in [0.2, 0.25) is 0 Å². The van der Waals surface area contributed by atoms with E-state index < -0.39 is 11.7 Å². The molecule has 1 aromatic carbocycles. The molecule has 4 nitrogen and oxygen atoms in total. The Morgan fingerprint density at radius 1 is 1.05 bits per heavy atom. The molecule has 2 heterocycles. The topological polar surface area (TPSA) is 56.2 Å². The van der Waals surface area contributed by atoms with Crippen LogP contribution in [0.3, 0.4) is 0 Å². The molecule has 2 aromatic heterocycles. The van der Waals surface area contributed by atoms with Gasteiger partial charge in [0.15, 0.2) is 11.5 Å². The number of nitrogen functional groups attached to an aromatic ring is 1. The van der Waals surface area contributed by atoms with Gasteiger partial charge in [-0.15, -0.1) is 0 Å². The number of hydrogen-bond donors (Lipinski definition) is 1. The maximum Gasteiger partial charge on any atom is 0.417 e. The number of nitrogens with two attached hydrogens (primary N) is 1. The van der Waals surface area contributed by atoms with Crippen molar-refractivity contribution in [3.05, 3.63) is 59.5 Å². The van der Waals surface area contributed by atoms with Crippen molar-refractivity contribution < 1.29 is 13.2 Å². The van der Waals surface area contributed by atoms with Crippen LogP contribution in [0.2, 0.25) is 0 Å². The number of halogens is 3. The van der Waals surface area contributed by atoms with Gasteiger partial charge in [-0.3, -0.25) is 0 Å². The van der Waals surface area contributed by atoms with E-state index in [4.69, 9.17) is 5.73 Å². The first-order valence-corrected chi connectivity index (χ1v) is 6.19. The Balaban J connectivity index is 1.92. The van der Waals surface area contributed by atoms with E-state index >= 15 is 0 Å². The third-order valence-corrected chi connectivity index (χ3v) is 3.04. The van der Waals surface area contributed by atoms with Crippen LogP contribution in [0, 0.1) is 0 Å². The molecule has 0 aliphatic rings. The molecule has 0 bridgehead atoms. The molecule has 0 unspecified atom stereocenters. The molecule has 21 heavy (non-hydrogen) atoms. The normalized spacial score (nSPS) is 12.0. The zero-order valence-electron chi connectivity index (χ0n) is 10.8. The van der Waals surface area contributed by atoms with Crippen LogP contribution in [0.4, 0.5) is 18.9 Å². The van der Waals surface area contributed by atoms with Crippen LogP contribution < -0.4 is 5.73 Å². The number of rotatable bonds is 2. The molecule has 2 N–H and O–H groups in total. The van der Waals surface area contributed by atoms with Crippen LogP contribution in [-0.4, -0.2) is 14.6 Å². The molecule has 0 radical (unpaired) electrons. The first kappa shape index (κ1) is 13.4. The van der Waals surface area contributed by atoms with Gasteiger partial charge in [0, 0.05) is 18.3 Å². The predicted molar refractivity (Wildman–Crippen MR) is 71.6 cm³/mol. The van der Waals surface area contributed by atoms with E-state index in [-0.39, 0.29) is 0 Å². The SMILES string of the molecule is Nc1ccc(Cc2nc3ccc(C(F)(F)F)cn3n2)cc1. The molecule has 7 heteroatoms. The van der Waals surface area contributed by atoms with Crippen molar-refractivity contribution in [1.82, 2.24) is 14.6 Å². The van der Waals surface area contributed by atoms with Gasteiger partial charge in [0.1, 0.15) is 0 Å². The summed E-state index contributed by atoms with van der Waals surface area (Å²) in [5.41, 5.74) is 6.82. The molecular weight excluding hydrogens is 281 g/mol. The highest BCUT2D eigenvalue weighted by molar-refractivity contribution is 5.42. The maximum absolute atomic E-state index is 12.6. The second-order valence-electron chi connectivity index (χ2n) is 4.66. The van der Waals surface area contributed by atoms with Crippen LogP contribution in [0.5, 0.6) is 0 Å². The van der Waals surface area contributed by atoms with E-state index in [9.17, 15) is 13.2 Å². The minimum Gasteiger partial charge on any atom is -0.399 e. The summed E-state index contributed by atoms with van der Waals surface area (Å²) in [6, 6.07) is 9.49. The number of anilines is 1. The molecule has 0 aliphatic heterocycles. The summed E-state index contributed by atoms with van der Waals surface area (Å²) in [6.45, 7) is 0. The standard InChI is InChI=1S/C14H11F3N4/c15-14(16,17)10-3-6-13-19-12(20-21(13)8-10)7-9-1-4-11(18)5-2-9/h1-6,8H,7,18H2. The molecule has 0 aliphatic carbocycles. The minimum atomic E-state index is -4.39. The number of aromatic nitrogens is 3. The fraction of sp³-hybridized carbons (Fsp3) is 0.143. The molecule has 0 fully saturated rings. The van der Waals surface area contributed by atoms with Crippen LogP contribution in [0.15, 0.2) is 42.6 Å². The first-order valence-electron chi connectivity index (χ1n) is 6.19. The molecule has 0 spiro atoms. The van der Waals surface area contributed by atoms with Crippen LogP contribution in [0.25, 0.3) is 5.65 Å². The smallest absolute Gasteiger partial charge is 0.399 e. The third kappa shape index (κ3) is 2.81. The predicted octanol–water partition coefficient (Wildman–Crippen LogP) is 2.92. The van der Waals surface area contributed by atoms with Crippen molar-refractivity contribution in [3.8, 4) is 0 Å². The Hall–Kier alpha value is -2.57. The summed E-state index contributed by atoms with van der Waals surface area (Å²) < 4.78 is 39.0. The zero-order chi connectivity index (χ0) is 15.0. The molecule has 0 amide bonds. The molecule has 0 saturated carbocycles. The van der Waals surface area contributed by atoms with Crippen molar-refractivity contribution in [2.24, 2.45) is 0 Å². The highest BCUT2D eigenvalue weighted by Gasteiger charge is 2.31. The Labute approximate surface area is 118 Å². The molecule has 108 valence electrons. The maximum atomic E-state index is 12.6. The summed E-state index contributed by atoms with van der Waals surface area (Å²) in [5, 5.41) is 4.08. The van der Waals surface area contributed by atoms with Crippen LogP contribution in [-0.2, 0) is 12.6 Å². The van der Waals surface area contributed by atoms with Gasteiger partial charge >= 0.3 is 6.18 Å². The third-order valence-electron chi connectivity index (χ3n) is 3.04. The highest BCUT2D eigenvalue weighted by Crippen LogP contribution is 2.28. The fourth-order valence-electron chi connectivity index (χ4n) is 1.99. The highest BCUT2D eigenvalue weighted by atomic mass is 19.4. The van der Waals surface area contributed by atoms with Gasteiger partial charge in [0.25, 0.3) is 0 Å². The van der Waals surface area contributed by atoms with Gasteiger partial charge < -0.3 is 5.73 Å². The van der Waals surface area contributed by atoms with E-state index in [0.717, 1.165) is 22.3 Å². The lowest BCUT2D eigenvalue weighted by atomic mass is 10.1. The average molecular weight is 292 g/mol. The van der Waals surface area contributed by atoms with Crippen molar-refractivity contribution in [2.45, 2.75) is 12.6 Å². The molecule has 0 atom stereocenters. The van der Waals surface area contributed by atoms with Gasteiger partial charge in [-0.1, -0.05) is 12.1 Å². The van der Waals surface area contributed by atoms with Gasteiger partial charge in [0.05, 0.1) is 5.56 Å². The largest absolute Gasteiger partial charge is 0.417 e. The fourth-order valence-corrected chi connectivity index (χ4v) is 1.99. The minimum absolute atomic E-state index is 0.383.